The zero-order chi connectivity index (χ0) is 17.5. The van der Waals surface area contributed by atoms with E-state index in [1.807, 2.05) is 6.92 Å². The van der Waals surface area contributed by atoms with Crippen LogP contribution in [0, 0.1) is 11.6 Å². The van der Waals surface area contributed by atoms with Gasteiger partial charge in [0, 0.05) is 31.1 Å². The summed E-state index contributed by atoms with van der Waals surface area (Å²) in [5.74, 6) is -2.30. The Labute approximate surface area is 140 Å². The highest BCUT2D eigenvalue weighted by atomic mass is 19.1. The van der Waals surface area contributed by atoms with Gasteiger partial charge in [-0.25, -0.2) is 8.78 Å². The largest absolute Gasteiger partial charge is 0.352 e. The van der Waals surface area contributed by atoms with Crippen molar-refractivity contribution >= 4 is 11.8 Å². The van der Waals surface area contributed by atoms with E-state index in [0.29, 0.717) is 12.5 Å². The second kappa shape index (κ2) is 8.73. The van der Waals surface area contributed by atoms with Crippen molar-refractivity contribution in [3.63, 3.8) is 0 Å². The van der Waals surface area contributed by atoms with Crippen LogP contribution in [0.4, 0.5) is 8.78 Å². The molecule has 7 heteroatoms. The number of benzene rings is 1. The molecule has 2 rings (SSSR count). The molecule has 1 aliphatic heterocycles. The molecule has 1 aromatic rings. The van der Waals surface area contributed by atoms with Gasteiger partial charge in [-0.05, 0) is 44.9 Å². The maximum atomic E-state index is 13.5. The number of nitrogens with one attached hydrogen (secondary N) is 3. The monoisotopic (exact) mass is 339 g/mol. The maximum absolute atomic E-state index is 13.5. The lowest BCUT2D eigenvalue weighted by Crippen LogP contribution is -2.51. The summed E-state index contributed by atoms with van der Waals surface area (Å²) >= 11 is 0. The summed E-state index contributed by atoms with van der Waals surface area (Å²) in [6, 6.07) is 3.19. The molecule has 5 nitrogen and oxygen atoms in total. The fourth-order valence-electron chi connectivity index (χ4n) is 2.74. The van der Waals surface area contributed by atoms with Crippen LogP contribution in [0.3, 0.4) is 0 Å². The normalized spacial score (nSPS) is 20.5. The van der Waals surface area contributed by atoms with E-state index >= 15 is 0 Å². The summed E-state index contributed by atoms with van der Waals surface area (Å²) in [6.45, 7) is 3.27. The number of carbonyl (C=O) groups excluding carboxylic acids is 2. The Hall–Kier alpha value is -2.02. The third kappa shape index (κ3) is 5.26. The number of hydrogen-bond acceptors (Lipinski definition) is 3. The van der Waals surface area contributed by atoms with Crippen LogP contribution in [0.5, 0.6) is 0 Å². The molecule has 1 heterocycles. The van der Waals surface area contributed by atoms with Crippen molar-refractivity contribution in [1.82, 2.24) is 16.0 Å². The quantitative estimate of drug-likeness (QED) is 0.692. The summed E-state index contributed by atoms with van der Waals surface area (Å²) < 4.78 is 26.3. The van der Waals surface area contributed by atoms with Crippen LogP contribution in [0.2, 0.25) is 0 Å². The van der Waals surface area contributed by atoms with Gasteiger partial charge in [0.05, 0.1) is 5.56 Å². The van der Waals surface area contributed by atoms with Crippen LogP contribution in [-0.2, 0) is 4.79 Å². The van der Waals surface area contributed by atoms with Gasteiger partial charge in [-0.15, -0.1) is 0 Å². The average molecular weight is 339 g/mol. The highest BCUT2D eigenvalue weighted by molar-refractivity contribution is 5.94. The number of carbonyl (C=O) groups is 2. The minimum Gasteiger partial charge on any atom is -0.352 e. The Bertz CT molecular complexity index is 595. The van der Waals surface area contributed by atoms with Gasteiger partial charge in [-0.3, -0.25) is 9.59 Å². The van der Waals surface area contributed by atoms with Crippen molar-refractivity contribution < 1.29 is 18.4 Å². The lowest BCUT2D eigenvalue weighted by molar-refractivity contribution is -0.122. The van der Waals surface area contributed by atoms with Crippen molar-refractivity contribution in [2.24, 2.45) is 0 Å². The topological polar surface area (TPSA) is 70.2 Å². The van der Waals surface area contributed by atoms with Crippen molar-refractivity contribution in [2.75, 3.05) is 13.1 Å². The van der Waals surface area contributed by atoms with E-state index in [4.69, 9.17) is 0 Å². The SMILES string of the molecule is CC1NCCCC1NC(=O)CCCNC(=O)c1ccc(F)cc1F. The number of amides is 2. The smallest absolute Gasteiger partial charge is 0.254 e. The summed E-state index contributed by atoms with van der Waals surface area (Å²) in [4.78, 5) is 23.7. The number of rotatable bonds is 6. The summed E-state index contributed by atoms with van der Waals surface area (Å²) in [7, 11) is 0. The Morgan fingerprint density at radius 2 is 2.12 bits per heavy atom. The standard InChI is InChI=1S/C17H23F2N3O2/c1-11-15(4-2-8-20-11)22-16(23)5-3-9-21-17(24)13-7-6-12(18)10-14(13)19/h6-7,10-11,15,20H,2-5,8-9H2,1H3,(H,21,24)(H,22,23). The molecule has 1 aromatic carbocycles. The first kappa shape index (κ1) is 18.3. The molecule has 132 valence electrons. The van der Waals surface area contributed by atoms with Gasteiger partial charge in [-0.1, -0.05) is 0 Å². The molecule has 3 N–H and O–H groups in total. The molecule has 1 aliphatic rings. The Balaban J connectivity index is 1.68. The fourth-order valence-corrected chi connectivity index (χ4v) is 2.74. The third-order valence-corrected chi connectivity index (χ3v) is 4.15. The van der Waals surface area contributed by atoms with E-state index in [1.54, 1.807) is 0 Å². The lowest BCUT2D eigenvalue weighted by atomic mass is 10.00. The van der Waals surface area contributed by atoms with Gasteiger partial charge in [-0.2, -0.15) is 0 Å². The van der Waals surface area contributed by atoms with Gasteiger partial charge < -0.3 is 16.0 Å². The predicted octanol–water partition coefficient (Wildman–Crippen LogP) is 1.73. The Morgan fingerprint density at radius 1 is 1.33 bits per heavy atom. The molecule has 0 saturated carbocycles. The van der Waals surface area contributed by atoms with Crippen molar-refractivity contribution in [3.05, 3.63) is 35.4 Å². The Morgan fingerprint density at radius 3 is 2.83 bits per heavy atom. The summed E-state index contributed by atoms with van der Waals surface area (Å²) in [5, 5.41) is 8.83. The minimum atomic E-state index is -0.899. The van der Waals surface area contributed by atoms with Crippen molar-refractivity contribution in [3.8, 4) is 0 Å². The molecule has 0 radical (unpaired) electrons. The molecule has 2 atom stereocenters. The van der Waals surface area contributed by atoms with Gasteiger partial charge >= 0.3 is 0 Å². The second-order valence-corrected chi connectivity index (χ2v) is 6.04. The lowest BCUT2D eigenvalue weighted by Gasteiger charge is -2.30. The zero-order valence-electron chi connectivity index (χ0n) is 13.7. The number of hydrogen-bond donors (Lipinski definition) is 3. The summed E-state index contributed by atoms with van der Waals surface area (Å²) in [5.41, 5.74) is -0.206. The van der Waals surface area contributed by atoms with Crippen molar-refractivity contribution in [1.29, 1.82) is 0 Å². The van der Waals surface area contributed by atoms with Gasteiger partial charge in [0.1, 0.15) is 11.6 Å². The van der Waals surface area contributed by atoms with Gasteiger partial charge in [0.15, 0.2) is 0 Å². The molecule has 24 heavy (non-hydrogen) atoms. The average Bonchev–Trinajstić information content (AvgIpc) is 2.53. The molecule has 0 aliphatic carbocycles. The van der Waals surface area contributed by atoms with Crippen LogP contribution in [0.15, 0.2) is 18.2 Å². The molecule has 2 amide bonds. The van der Waals surface area contributed by atoms with E-state index in [1.165, 1.54) is 0 Å². The molecule has 2 unspecified atom stereocenters. The van der Waals surface area contributed by atoms with Crippen LogP contribution < -0.4 is 16.0 Å². The molecule has 0 spiro atoms. The first-order valence-corrected chi connectivity index (χ1v) is 8.23. The zero-order valence-corrected chi connectivity index (χ0v) is 13.7. The highest BCUT2D eigenvalue weighted by Gasteiger charge is 2.22. The summed E-state index contributed by atoms with van der Waals surface area (Å²) in [6.07, 6.45) is 2.74. The van der Waals surface area contributed by atoms with Crippen LogP contribution in [0.1, 0.15) is 43.0 Å². The van der Waals surface area contributed by atoms with Gasteiger partial charge in [0.2, 0.25) is 5.91 Å². The number of halogens is 2. The first-order valence-electron chi connectivity index (χ1n) is 8.23. The van der Waals surface area contributed by atoms with E-state index in [0.717, 1.165) is 31.5 Å². The van der Waals surface area contributed by atoms with E-state index in [-0.39, 0.29) is 36.5 Å². The first-order chi connectivity index (χ1) is 11.5. The second-order valence-electron chi connectivity index (χ2n) is 6.04. The van der Waals surface area contributed by atoms with E-state index in [2.05, 4.69) is 16.0 Å². The molecule has 0 aromatic heterocycles. The molecule has 1 fully saturated rings. The molecular formula is C17H23F2N3O2. The van der Waals surface area contributed by atoms with Crippen LogP contribution >= 0.6 is 0 Å². The molecular weight excluding hydrogens is 316 g/mol. The highest BCUT2D eigenvalue weighted by Crippen LogP contribution is 2.10. The number of piperidine rings is 1. The van der Waals surface area contributed by atoms with E-state index in [9.17, 15) is 18.4 Å². The van der Waals surface area contributed by atoms with E-state index < -0.39 is 17.5 Å². The third-order valence-electron chi connectivity index (χ3n) is 4.15. The Kier molecular flexibility index (Phi) is 6.66. The fraction of sp³-hybridized carbons (Fsp3) is 0.529. The maximum Gasteiger partial charge on any atom is 0.254 e. The van der Waals surface area contributed by atoms with Gasteiger partial charge in [0.25, 0.3) is 5.91 Å². The minimum absolute atomic E-state index is 0.0576. The van der Waals surface area contributed by atoms with Crippen LogP contribution in [-0.4, -0.2) is 37.0 Å². The molecule has 0 bridgehead atoms. The van der Waals surface area contributed by atoms with Crippen molar-refractivity contribution in [2.45, 2.75) is 44.7 Å². The van der Waals surface area contributed by atoms with Crippen LogP contribution in [0.25, 0.3) is 0 Å². The molecule has 1 saturated heterocycles. The predicted molar refractivity (Wildman–Crippen MR) is 86.6 cm³/mol.